The molecule has 1 saturated heterocycles. The third kappa shape index (κ3) is 4.97. The Kier molecular flexibility index (Phi) is 7.14. The van der Waals surface area contributed by atoms with Crippen molar-refractivity contribution in [1.29, 1.82) is 0 Å². The van der Waals surface area contributed by atoms with Crippen molar-refractivity contribution in [2.24, 2.45) is 5.41 Å². The minimum Gasteiger partial charge on any atom is -0.316 e. The summed E-state index contributed by atoms with van der Waals surface area (Å²) in [6.45, 7) is 13.3. The molecule has 1 aliphatic heterocycles. The molecule has 1 heterocycles. The summed E-state index contributed by atoms with van der Waals surface area (Å²) in [5, 5.41) is 3.62. The van der Waals surface area contributed by atoms with E-state index in [1.54, 1.807) is 0 Å². The first-order valence-corrected chi connectivity index (χ1v) is 7.69. The molecular weight excluding hydrogens is 208 g/mol. The topological polar surface area (TPSA) is 15.3 Å². The van der Waals surface area contributed by atoms with Crippen molar-refractivity contribution < 1.29 is 0 Å². The molecule has 1 aliphatic rings. The third-order valence-electron chi connectivity index (χ3n) is 3.98. The minimum atomic E-state index is 0.567. The average Bonchev–Trinajstić information content (AvgIpc) is 2.31. The molecule has 0 aromatic carbocycles. The lowest BCUT2D eigenvalue weighted by atomic mass is 9.76. The van der Waals surface area contributed by atoms with Gasteiger partial charge in [0.1, 0.15) is 0 Å². The maximum Gasteiger partial charge on any atom is 0.00501 e. The molecule has 17 heavy (non-hydrogen) atoms. The summed E-state index contributed by atoms with van der Waals surface area (Å²) in [5.41, 5.74) is 0.567. The molecule has 0 aromatic rings. The van der Waals surface area contributed by atoms with Gasteiger partial charge in [-0.25, -0.2) is 0 Å². The van der Waals surface area contributed by atoms with Crippen LogP contribution >= 0.6 is 0 Å². The SMILES string of the molecule is CCCN(CCC)CC1(CCC)CCCNC1. The fraction of sp³-hybridized carbons (Fsp3) is 1.00. The maximum atomic E-state index is 3.62. The zero-order valence-electron chi connectivity index (χ0n) is 12.2. The van der Waals surface area contributed by atoms with Crippen LogP contribution in [-0.4, -0.2) is 37.6 Å². The van der Waals surface area contributed by atoms with Crippen molar-refractivity contribution >= 4 is 0 Å². The molecule has 0 aliphatic carbocycles. The van der Waals surface area contributed by atoms with Gasteiger partial charge in [-0.3, -0.25) is 0 Å². The highest BCUT2D eigenvalue weighted by Gasteiger charge is 2.32. The predicted molar refractivity (Wildman–Crippen MR) is 76.5 cm³/mol. The van der Waals surface area contributed by atoms with Crippen LogP contribution in [0.15, 0.2) is 0 Å². The Morgan fingerprint density at radius 1 is 1.06 bits per heavy atom. The van der Waals surface area contributed by atoms with Crippen LogP contribution in [0.4, 0.5) is 0 Å². The van der Waals surface area contributed by atoms with E-state index in [1.165, 1.54) is 71.2 Å². The van der Waals surface area contributed by atoms with Gasteiger partial charge in [-0.1, -0.05) is 27.2 Å². The van der Waals surface area contributed by atoms with E-state index in [2.05, 4.69) is 31.0 Å². The first-order valence-electron chi connectivity index (χ1n) is 7.69. The number of hydrogen-bond donors (Lipinski definition) is 1. The quantitative estimate of drug-likeness (QED) is 0.700. The van der Waals surface area contributed by atoms with Crippen LogP contribution in [0.1, 0.15) is 59.3 Å². The fourth-order valence-corrected chi connectivity index (χ4v) is 3.36. The monoisotopic (exact) mass is 240 g/mol. The Bertz CT molecular complexity index is 174. The minimum absolute atomic E-state index is 0.567. The van der Waals surface area contributed by atoms with Gasteiger partial charge in [0, 0.05) is 13.1 Å². The van der Waals surface area contributed by atoms with E-state index >= 15 is 0 Å². The average molecular weight is 240 g/mol. The number of nitrogens with zero attached hydrogens (tertiary/aromatic N) is 1. The van der Waals surface area contributed by atoms with E-state index in [1.807, 2.05) is 0 Å². The summed E-state index contributed by atoms with van der Waals surface area (Å²) >= 11 is 0. The Labute approximate surface area is 108 Å². The van der Waals surface area contributed by atoms with Gasteiger partial charge in [0.2, 0.25) is 0 Å². The van der Waals surface area contributed by atoms with Crippen molar-refractivity contribution in [2.75, 3.05) is 32.7 Å². The van der Waals surface area contributed by atoms with E-state index in [-0.39, 0.29) is 0 Å². The Balaban J connectivity index is 2.55. The van der Waals surface area contributed by atoms with Crippen LogP contribution < -0.4 is 5.32 Å². The van der Waals surface area contributed by atoms with Crippen LogP contribution in [0, 0.1) is 5.41 Å². The molecule has 0 spiro atoms. The number of piperidine rings is 1. The smallest absolute Gasteiger partial charge is 0.00501 e. The highest BCUT2D eigenvalue weighted by atomic mass is 15.1. The summed E-state index contributed by atoms with van der Waals surface area (Å²) in [6.07, 6.45) is 8.09. The van der Waals surface area contributed by atoms with E-state index in [9.17, 15) is 0 Å². The largest absolute Gasteiger partial charge is 0.316 e. The van der Waals surface area contributed by atoms with Crippen LogP contribution in [-0.2, 0) is 0 Å². The molecule has 0 bridgehead atoms. The molecule has 1 atom stereocenters. The predicted octanol–water partition coefficient (Wildman–Crippen LogP) is 3.28. The lowest BCUT2D eigenvalue weighted by molar-refractivity contribution is 0.106. The number of nitrogens with one attached hydrogen (secondary N) is 1. The fourth-order valence-electron chi connectivity index (χ4n) is 3.36. The second-order valence-electron chi connectivity index (χ2n) is 5.81. The van der Waals surface area contributed by atoms with Gasteiger partial charge in [-0.15, -0.1) is 0 Å². The highest BCUT2D eigenvalue weighted by molar-refractivity contribution is 4.88. The summed E-state index contributed by atoms with van der Waals surface area (Å²) in [4.78, 5) is 2.70. The molecule has 1 unspecified atom stereocenters. The zero-order valence-corrected chi connectivity index (χ0v) is 12.2. The summed E-state index contributed by atoms with van der Waals surface area (Å²) in [7, 11) is 0. The maximum absolute atomic E-state index is 3.62. The molecule has 102 valence electrons. The molecule has 2 heteroatoms. The van der Waals surface area contributed by atoms with Crippen LogP contribution in [0.25, 0.3) is 0 Å². The van der Waals surface area contributed by atoms with Gasteiger partial charge in [0.25, 0.3) is 0 Å². The van der Waals surface area contributed by atoms with Gasteiger partial charge >= 0.3 is 0 Å². The first-order chi connectivity index (χ1) is 8.26. The van der Waals surface area contributed by atoms with Gasteiger partial charge in [-0.2, -0.15) is 0 Å². The van der Waals surface area contributed by atoms with Gasteiger partial charge < -0.3 is 10.2 Å². The van der Waals surface area contributed by atoms with E-state index in [0.29, 0.717) is 5.41 Å². The third-order valence-corrected chi connectivity index (χ3v) is 3.98. The summed E-state index contributed by atoms with van der Waals surface area (Å²) < 4.78 is 0. The molecule has 2 nitrogen and oxygen atoms in total. The van der Waals surface area contributed by atoms with Crippen LogP contribution in [0.5, 0.6) is 0 Å². The number of rotatable bonds is 8. The molecule has 0 amide bonds. The lowest BCUT2D eigenvalue weighted by Gasteiger charge is -2.41. The first kappa shape index (κ1) is 15.0. The van der Waals surface area contributed by atoms with E-state index in [0.717, 1.165) is 0 Å². The Morgan fingerprint density at radius 2 is 1.76 bits per heavy atom. The standard InChI is InChI=1S/C15H32N2/c1-4-8-15(9-7-10-16-13-15)14-17(11-5-2)12-6-3/h16H,4-14H2,1-3H3. The Morgan fingerprint density at radius 3 is 2.24 bits per heavy atom. The van der Waals surface area contributed by atoms with E-state index < -0.39 is 0 Å². The molecule has 0 radical (unpaired) electrons. The van der Waals surface area contributed by atoms with Crippen molar-refractivity contribution in [1.82, 2.24) is 10.2 Å². The Hall–Kier alpha value is -0.0800. The number of hydrogen-bond acceptors (Lipinski definition) is 2. The zero-order chi connectivity index (χ0) is 12.6. The normalized spacial score (nSPS) is 25.4. The second-order valence-corrected chi connectivity index (χ2v) is 5.81. The van der Waals surface area contributed by atoms with E-state index in [4.69, 9.17) is 0 Å². The van der Waals surface area contributed by atoms with Crippen LogP contribution in [0.2, 0.25) is 0 Å². The van der Waals surface area contributed by atoms with Crippen molar-refractivity contribution in [3.63, 3.8) is 0 Å². The molecule has 0 saturated carbocycles. The van der Waals surface area contributed by atoms with Crippen molar-refractivity contribution in [3.8, 4) is 0 Å². The van der Waals surface area contributed by atoms with Crippen molar-refractivity contribution in [2.45, 2.75) is 59.3 Å². The van der Waals surface area contributed by atoms with Gasteiger partial charge in [0.15, 0.2) is 0 Å². The summed E-state index contributed by atoms with van der Waals surface area (Å²) in [6, 6.07) is 0. The van der Waals surface area contributed by atoms with Crippen molar-refractivity contribution in [3.05, 3.63) is 0 Å². The molecule has 1 N–H and O–H groups in total. The molecule has 1 rings (SSSR count). The lowest BCUT2D eigenvalue weighted by Crippen LogP contribution is -2.48. The molecule has 1 fully saturated rings. The summed E-state index contributed by atoms with van der Waals surface area (Å²) in [5.74, 6) is 0. The highest BCUT2D eigenvalue weighted by Crippen LogP contribution is 2.32. The van der Waals surface area contributed by atoms with Gasteiger partial charge in [0.05, 0.1) is 0 Å². The van der Waals surface area contributed by atoms with Crippen LogP contribution in [0.3, 0.4) is 0 Å². The van der Waals surface area contributed by atoms with Gasteiger partial charge in [-0.05, 0) is 57.2 Å². The molecule has 0 aromatic heterocycles. The second kappa shape index (κ2) is 8.10. The molecular formula is C15H32N2.